The molecule has 0 heterocycles. The van der Waals surface area contributed by atoms with Crippen LogP contribution in [0, 0.1) is 0 Å². The smallest absolute Gasteiger partial charge is 0.303 e. The maximum absolute atomic E-state index is 10.4. The van der Waals surface area contributed by atoms with E-state index in [9.17, 15) is 15.0 Å². The first kappa shape index (κ1) is 23.8. The van der Waals surface area contributed by atoms with Gasteiger partial charge in [-0.2, -0.15) is 0 Å². The van der Waals surface area contributed by atoms with Crippen LogP contribution in [0.3, 0.4) is 0 Å². The Morgan fingerprint density at radius 3 is 1.92 bits per heavy atom. The van der Waals surface area contributed by atoms with Crippen molar-refractivity contribution >= 4 is 5.97 Å². The van der Waals surface area contributed by atoms with Crippen molar-refractivity contribution in [2.75, 3.05) is 0 Å². The largest absolute Gasteiger partial charge is 0.481 e. The molecule has 0 aliphatic rings. The first-order chi connectivity index (χ1) is 12.6. The highest BCUT2D eigenvalue weighted by atomic mass is 16.4. The van der Waals surface area contributed by atoms with Crippen molar-refractivity contribution in [3.05, 3.63) is 72.9 Å². The molecule has 0 aromatic heterocycles. The zero-order chi connectivity index (χ0) is 19.5. The Morgan fingerprint density at radius 2 is 1.38 bits per heavy atom. The minimum Gasteiger partial charge on any atom is -0.481 e. The highest BCUT2D eigenvalue weighted by Crippen LogP contribution is 2.00. The zero-order valence-corrected chi connectivity index (χ0v) is 15.6. The van der Waals surface area contributed by atoms with Gasteiger partial charge in [-0.15, -0.1) is 0 Å². The normalized spacial score (nSPS) is 15.5. The van der Waals surface area contributed by atoms with Gasteiger partial charge in [-0.05, 0) is 32.1 Å². The topological polar surface area (TPSA) is 77.8 Å². The van der Waals surface area contributed by atoms with Gasteiger partial charge in [0, 0.05) is 6.42 Å². The molecular weight excluding hydrogens is 328 g/mol. The molecule has 0 saturated heterocycles. The molecule has 0 aliphatic heterocycles. The molecule has 0 aromatic carbocycles. The van der Waals surface area contributed by atoms with E-state index in [0.29, 0.717) is 6.42 Å². The Morgan fingerprint density at radius 1 is 0.808 bits per heavy atom. The standard InChI is InChI=1S/C22H32O4/c1-2-3-12-15-20(23)16-13-10-8-6-4-5-7-9-11-14-17-21(24)18-19-22(25)26/h3-5,8-14,16-17,20-21,23-24H,2,6-7,15,18-19H2,1H3,(H,25,26)/b5-4+,10-8+,11-9+,12-3+,16-13+,17-14+/t20-,21+/m0/s1. The molecule has 26 heavy (non-hydrogen) atoms. The van der Waals surface area contributed by atoms with E-state index in [0.717, 1.165) is 19.3 Å². The number of rotatable bonds is 14. The van der Waals surface area contributed by atoms with Crippen LogP contribution < -0.4 is 0 Å². The quantitative estimate of drug-likeness (QED) is 0.315. The molecule has 4 nitrogen and oxygen atoms in total. The molecule has 144 valence electrons. The Labute approximate surface area is 157 Å². The average Bonchev–Trinajstić information content (AvgIpc) is 2.61. The maximum Gasteiger partial charge on any atom is 0.303 e. The van der Waals surface area contributed by atoms with E-state index in [4.69, 9.17) is 5.11 Å². The van der Waals surface area contributed by atoms with E-state index in [1.165, 1.54) is 0 Å². The maximum atomic E-state index is 10.4. The number of carboxylic acid groups (broad SMARTS) is 1. The molecule has 3 N–H and O–H groups in total. The minimum absolute atomic E-state index is 0.0322. The summed E-state index contributed by atoms with van der Waals surface area (Å²) < 4.78 is 0. The molecule has 0 aliphatic carbocycles. The highest BCUT2D eigenvalue weighted by Gasteiger charge is 2.02. The van der Waals surface area contributed by atoms with E-state index >= 15 is 0 Å². The third kappa shape index (κ3) is 18.2. The van der Waals surface area contributed by atoms with Crippen LogP contribution in [-0.4, -0.2) is 33.5 Å². The first-order valence-corrected chi connectivity index (χ1v) is 9.10. The summed E-state index contributed by atoms with van der Waals surface area (Å²) in [5.74, 6) is -0.900. The van der Waals surface area contributed by atoms with Crippen molar-refractivity contribution in [1.29, 1.82) is 0 Å². The van der Waals surface area contributed by atoms with Crippen molar-refractivity contribution in [3.63, 3.8) is 0 Å². The van der Waals surface area contributed by atoms with Gasteiger partial charge in [-0.25, -0.2) is 0 Å². The van der Waals surface area contributed by atoms with Gasteiger partial charge in [-0.3, -0.25) is 4.79 Å². The number of hydrogen-bond acceptors (Lipinski definition) is 3. The van der Waals surface area contributed by atoms with Crippen LogP contribution in [0.15, 0.2) is 72.9 Å². The fourth-order valence-corrected chi connectivity index (χ4v) is 1.90. The molecule has 4 heteroatoms. The Balaban J connectivity index is 3.80. The molecular formula is C22H32O4. The summed E-state index contributed by atoms with van der Waals surface area (Å²) in [5, 5.41) is 27.7. The van der Waals surface area contributed by atoms with Gasteiger partial charge in [0.25, 0.3) is 0 Å². The number of allylic oxidation sites excluding steroid dienone is 9. The summed E-state index contributed by atoms with van der Waals surface area (Å²) >= 11 is 0. The second-order valence-corrected chi connectivity index (χ2v) is 5.75. The van der Waals surface area contributed by atoms with Crippen LogP contribution in [0.4, 0.5) is 0 Å². The molecule has 0 bridgehead atoms. The molecule has 0 rings (SSSR count). The predicted octanol–water partition coefficient (Wildman–Crippen LogP) is 4.49. The summed E-state index contributed by atoms with van der Waals surface area (Å²) in [4.78, 5) is 10.4. The number of aliphatic hydroxyl groups is 2. The number of carbonyl (C=O) groups is 1. The predicted molar refractivity (Wildman–Crippen MR) is 108 cm³/mol. The number of aliphatic hydroxyl groups excluding tert-OH is 2. The van der Waals surface area contributed by atoms with E-state index in [1.54, 1.807) is 18.2 Å². The van der Waals surface area contributed by atoms with E-state index in [1.807, 2.05) is 48.6 Å². The second-order valence-electron chi connectivity index (χ2n) is 5.75. The molecule has 0 fully saturated rings. The van der Waals surface area contributed by atoms with Crippen LogP contribution in [0.1, 0.15) is 45.4 Å². The van der Waals surface area contributed by atoms with Gasteiger partial charge in [0.1, 0.15) is 0 Å². The third-order valence-electron chi connectivity index (χ3n) is 3.31. The van der Waals surface area contributed by atoms with E-state index in [-0.39, 0.29) is 12.8 Å². The first-order valence-electron chi connectivity index (χ1n) is 9.10. The van der Waals surface area contributed by atoms with Crippen LogP contribution in [-0.2, 0) is 4.79 Å². The third-order valence-corrected chi connectivity index (χ3v) is 3.31. The van der Waals surface area contributed by atoms with Gasteiger partial charge in [0.2, 0.25) is 0 Å². The summed E-state index contributed by atoms with van der Waals surface area (Å²) in [6.45, 7) is 2.07. The van der Waals surface area contributed by atoms with Crippen molar-refractivity contribution in [3.8, 4) is 0 Å². The summed E-state index contributed by atoms with van der Waals surface area (Å²) in [7, 11) is 0. The summed E-state index contributed by atoms with van der Waals surface area (Å²) in [6.07, 6.45) is 25.1. The lowest BCUT2D eigenvalue weighted by Crippen LogP contribution is -2.05. The second kappa shape index (κ2) is 17.6. The van der Waals surface area contributed by atoms with Crippen molar-refractivity contribution in [1.82, 2.24) is 0 Å². The lowest BCUT2D eigenvalue weighted by Gasteiger charge is -2.00. The summed E-state index contributed by atoms with van der Waals surface area (Å²) in [6, 6.07) is 0. The number of hydrogen-bond donors (Lipinski definition) is 3. The molecule has 0 aromatic rings. The summed E-state index contributed by atoms with van der Waals surface area (Å²) in [5.41, 5.74) is 0. The van der Waals surface area contributed by atoms with Crippen molar-refractivity contribution < 1.29 is 20.1 Å². The van der Waals surface area contributed by atoms with Crippen LogP contribution in [0.25, 0.3) is 0 Å². The number of aliphatic carboxylic acids is 1. The van der Waals surface area contributed by atoms with Gasteiger partial charge in [0.15, 0.2) is 0 Å². The molecule has 0 spiro atoms. The Hall–Kier alpha value is -2.17. The lowest BCUT2D eigenvalue weighted by atomic mass is 10.2. The van der Waals surface area contributed by atoms with Gasteiger partial charge in [-0.1, -0.05) is 79.8 Å². The Bertz CT molecular complexity index is 524. The molecule has 0 radical (unpaired) electrons. The molecule has 2 atom stereocenters. The lowest BCUT2D eigenvalue weighted by molar-refractivity contribution is -0.137. The average molecular weight is 360 g/mol. The fourth-order valence-electron chi connectivity index (χ4n) is 1.90. The van der Waals surface area contributed by atoms with Crippen molar-refractivity contribution in [2.24, 2.45) is 0 Å². The van der Waals surface area contributed by atoms with Gasteiger partial charge < -0.3 is 15.3 Å². The Kier molecular flexibility index (Phi) is 16.2. The fraction of sp³-hybridized carbons (Fsp3) is 0.409. The monoisotopic (exact) mass is 360 g/mol. The number of carboxylic acids is 1. The van der Waals surface area contributed by atoms with Crippen molar-refractivity contribution in [2.45, 2.75) is 57.7 Å². The van der Waals surface area contributed by atoms with E-state index < -0.39 is 18.2 Å². The van der Waals surface area contributed by atoms with E-state index in [2.05, 4.69) is 13.0 Å². The SMILES string of the molecule is CC/C=C/C[C@H](O)/C=C/C=C/C/C=C/C/C=C/C=C/[C@@H](O)CCC(=O)O. The van der Waals surface area contributed by atoms with Crippen LogP contribution in [0.5, 0.6) is 0 Å². The van der Waals surface area contributed by atoms with Crippen LogP contribution >= 0.6 is 0 Å². The minimum atomic E-state index is -0.900. The highest BCUT2D eigenvalue weighted by molar-refractivity contribution is 5.66. The zero-order valence-electron chi connectivity index (χ0n) is 15.6. The van der Waals surface area contributed by atoms with Gasteiger partial charge in [0.05, 0.1) is 12.2 Å². The molecule has 0 unspecified atom stereocenters. The van der Waals surface area contributed by atoms with Gasteiger partial charge >= 0.3 is 5.97 Å². The molecule has 0 amide bonds. The molecule has 0 saturated carbocycles. The van der Waals surface area contributed by atoms with Crippen LogP contribution in [0.2, 0.25) is 0 Å².